The van der Waals surface area contributed by atoms with Crippen molar-refractivity contribution in [2.75, 3.05) is 5.32 Å². The van der Waals surface area contributed by atoms with Crippen molar-refractivity contribution in [3.05, 3.63) is 70.8 Å². The second-order valence-electron chi connectivity index (χ2n) is 7.54. The summed E-state index contributed by atoms with van der Waals surface area (Å²) in [5.41, 5.74) is 6.31. The Morgan fingerprint density at radius 2 is 1.54 bits per heavy atom. The lowest BCUT2D eigenvalue weighted by molar-refractivity contribution is 0.102. The van der Waals surface area contributed by atoms with Crippen molar-refractivity contribution < 1.29 is 4.79 Å². The van der Waals surface area contributed by atoms with Gasteiger partial charge < -0.3 is 5.32 Å². The maximum absolute atomic E-state index is 12.4. The van der Waals surface area contributed by atoms with Crippen molar-refractivity contribution in [1.29, 1.82) is 0 Å². The number of benzene rings is 2. The van der Waals surface area contributed by atoms with Gasteiger partial charge in [0.2, 0.25) is 0 Å². The fourth-order valence-electron chi connectivity index (χ4n) is 2.77. The van der Waals surface area contributed by atoms with E-state index in [0.717, 1.165) is 16.8 Å². The van der Waals surface area contributed by atoms with E-state index in [-0.39, 0.29) is 11.3 Å². The highest BCUT2D eigenvalue weighted by atomic mass is 16.1. The fourth-order valence-corrected chi connectivity index (χ4v) is 2.77. The molecule has 1 N–H and O–H groups in total. The van der Waals surface area contributed by atoms with Gasteiger partial charge in [0.1, 0.15) is 0 Å². The van der Waals surface area contributed by atoms with Crippen LogP contribution < -0.4 is 5.32 Å². The molecule has 2 rings (SSSR count). The number of carbonyl (C=O) groups is 1. The van der Waals surface area contributed by atoms with E-state index < -0.39 is 0 Å². The monoisotopic (exact) mass is 321 g/mol. The Labute approximate surface area is 145 Å². The van der Waals surface area contributed by atoms with Crippen LogP contribution in [0.1, 0.15) is 54.7 Å². The first-order valence-electron chi connectivity index (χ1n) is 8.34. The molecule has 2 heteroatoms. The molecule has 126 valence electrons. The van der Waals surface area contributed by atoms with Gasteiger partial charge in [-0.3, -0.25) is 4.79 Å². The summed E-state index contributed by atoms with van der Waals surface area (Å²) < 4.78 is 0. The summed E-state index contributed by atoms with van der Waals surface area (Å²) in [6.07, 6.45) is 2.25. The topological polar surface area (TPSA) is 29.1 Å². The zero-order valence-corrected chi connectivity index (χ0v) is 15.5. The molecule has 2 nitrogen and oxygen atoms in total. The third-order valence-electron chi connectivity index (χ3n) is 3.88. The summed E-state index contributed by atoms with van der Waals surface area (Å²) in [5.74, 6) is -0.0778. The van der Waals surface area contributed by atoms with Gasteiger partial charge >= 0.3 is 0 Å². The summed E-state index contributed by atoms with van der Waals surface area (Å²) in [4.78, 5) is 12.4. The van der Waals surface area contributed by atoms with E-state index in [1.807, 2.05) is 50.2 Å². The Bertz CT molecular complexity index is 762. The standard InChI is InChI=1S/C22H27NO/c1-15-7-12-20(16(2)13-15)23-21(24)19-10-8-18(9-11-19)17(3)14-22(4,5)6/h7-14H,1-6H3,(H,23,24)/b17-14+. The number of allylic oxidation sites excluding steroid dienone is 2. The second-order valence-corrected chi connectivity index (χ2v) is 7.54. The van der Waals surface area contributed by atoms with Crippen molar-refractivity contribution >= 4 is 17.2 Å². The highest BCUT2D eigenvalue weighted by Gasteiger charge is 2.10. The molecule has 0 radical (unpaired) electrons. The van der Waals surface area contributed by atoms with Crippen LogP contribution in [0.25, 0.3) is 5.57 Å². The number of anilines is 1. The van der Waals surface area contributed by atoms with Crippen LogP contribution in [0.3, 0.4) is 0 Å². The van der Waals surface area contributed by atoms with Crippen LogP contribution in [0.15, 0.2) is 48.5 Å². The molecule has 0 aliphatic rings. The Kier molecular flexibility index (Phi) is 5.28. The molecule has 0 aliphatic carbocycles. The molecule has 2 aromatic rings. The van der Waals surface area contributed by atoms with Crippen LogP contribution in [0.2, 0.25) is 0 Å². The average Bonchev–Trinajstić information content (AvgIpc) is 2.48. The van der Waals surface area contributed by atoms with Crippen LogP contribution in [0, 0.1) is 19.3 Å². The van der Waals surface area contributed by atoms with E-state index in [9.17, 15) is 4.79 Å². The largest absolute Gasteiger partial charge is 0.322 e. The molecule has 0 bridgehead atoms. The van der Waals surface area contributed by atoms with Gasteiger partial charge in [-0.1, -0.05) is 56.7 Å². The molecule has 0 unspecified atom stereocenters. The Morgan fingerprint density at radius 1 is 0.958 bits per heavy atom. The third kappa shape index (κ3) is 4.82. The second kappa shape index (κ2) is 7.04. The van der Waals surface area contributed by atoms with Crippen LogP contribution in [-0.2, 0) is 0 Å². The van der Waals surface area contributed by atoms with E-state index in [2.05, 4.69) is 45.2 Å². The summed E-state index contributed by atoms with van der Waals surface area (Å²) in [5, 5.41) is 2.99. The zero-order valence-electron chi connectivity index (χ0n) is 15.5. The maximum atomic E-state index is 12.4. The van der Waals surface area contributed by atoms with E-state index in [4.69, 9.17) is 0 Å². The van der Waals surface area contributed by atoms with Gasteiger partial charge in [0.25, 0.3) is 5.91 Å². The number of hydrogen-bond acceptors (Lipinski definition) is 1. The van der Waals surface area contributed by atoms with Gasteiger partial charge in [-0.15, -0.1) is 0 Å². The number of rotatable bonds is 3. The molecule has 0 saturated carbocycles. The van der Waals surface area contributed by atoms with E-state index in [0.29, 0.717) is 5.56 Å². The van der Waals surface area contributed by atoms with Crippen molar-refractivity contribution in [2.24, 2.45) is 5.41 Å². The maximum Gasteiger partial charge on any atom is 0.255 e. The highest BCUT2D eigenvalue weighted by Crippen LogP contribution is 2.24. The fraction of sp³-hybridized carbons (Fsp3) is 0.318. The molecule has 0 atom stereocenters. The molecule has 0 aliphatic heterocycles. The summed E-state index contributed by atoms with van der Waals surface area (Å²) in [6, 6.07) is 13.8. The lowest BCUT2D eigenvalue weighted by Crippen LogP contribution is -2.12. The first-order valence-corrected chi connectivity index (χ1v) is 8.34. The molecule has 24 heavy (non-hydrogen) atoms. The summed E-state index contributed by atoms with van der Waals surface area (Å²) in [6.45, 7) is 12.7. The van der Waals surface area contributed by atoms with Gasteiger partial charge in [0.05, 0.1) is 0 Å². The SMILES string of the molecule is C/C(=C\C(C)(C)C)c1ccc(C(=O)Nc2ccc(C)cc2C)cc1. The van der Waals surface area contributed by atoms with Gasteiger partial charge in [-0.2, -0.15) is 0 Å². The van der Waals surface area contributed by atoms with Crippen molar-refractivity contribution in [3.8, 4) is 0 Å². The van der Waals surface area contributed by atoms with Crippen LogP contribution in [0.4, 0.5) is 5.69 Å². The minimum absolute atomic E-state index is 0.0778. The number of carbonyl (C=O) groups excluding carboxylic acids is 1. The lowest BCUT2D eigenvalue weighted by Gasteiger charge is -2.15. The highest BCUT2D eigenvalue weighted by molar-refractivity contribution is 6.04. The van der Waals surface area contributed by atoms with E-state index in [1.165, 1.54) is 11.1 Å². The molecule has 0 heterocycles. The molecular weight excluding hydrogens is 294 g/mol. The quantitative estimate of drug-likeness (QED) is 0.737. The van der Waals surface area contributed by atoms with Crippen molar-refractivity contribution in [3.63, 3.8) is 0 Å². The first-order chi connectivity index (χ1) is 11.2. The number of hydrogen-bond donors (Lipinski definition) is 1. The van der Waals surface area contributed by atoms with Crippen LogP contribution >= 0.6 is 0 Å². The normalized spacial score (nSPS) is 12.2. The van der Waals surface area contributed by atoms with E-state index >= 15 is 0 Å². The van der Waals surface area contributed by atoms with Gasteiger partial charge in [0, 0.05) is 11.3 Å². The predicted octanol–water partition coefficient (Wildman–Crippen LogP) is 6.01. The van der Waals surface area contributed by atoms with Crippen LogP contribution in [-0.4, -0.2) is 5.91 Å². The lowest BCUT2D eigenvalue weighted by atomic mass is 9.91. The predicted molar refractivity (Wildman–Crippen MR) is 103 cm³/mol. The molecule has 0 aromatic heterocycles. The third-order valence-corrected chi connectivity index (χ3v) is 3.88. The van der Waals surface area contributed by atoms with Gasteiger partial charge in [-0.05, 0) is 61.1 Å². The van der Waals surface area contributed by atoms with E-state index in [1.54, 1.807) is 0 Å². The molecule has 2 aromatic carbocycles. The molecule has 0 saturated heterocycles. The first kappa shape index (κ1) is 18.0. The van der Waals surface area contributed by atoms with Crippen molar-refractivity contribution in [2.45, 2.75) is 41.5 Å². The smallest absolute Gasteiger partial charge is 0.255 e. The Hall–Kier alpha value is -2.35. The zero-order chi connectivity index (χ0) is 17.9. The number of aryl methyl sites for hydroxylation is 2. The van der Waals surface area contributed by atoms with Gasteiger partial charge in [0.15, 0.2) is 0 Å². The number of nitrogens with one attached hydrogen (secondary N) is 1. The minimum atomic E-state index is -0.0778. The van der Waals surface area contributed by atoms with Crippen molar-refractivity contribution in [1.82, 2.24) is 0 Å². The molecular formula is C22H27NO. The molecule has 0 spiro atoms. The van der Waals surface area contributed by atoms with Gasteiger partial charge in [-0.25, -0.2) is 0 Å². The van der Waals surface area contributed by atoms with Crippen LogP contribution in [0.5, 0.6) is 0 Å². The summed E-state index contributed by atoms with van der Waals surface area (Å²) >= 11 is 0. The average molecular weight is 321 g/mol. The molecule has 1 amide bonds. The summed E-state index contributed by atoms with van der Waals surface area (Å²) in [7, 11) is 0. The molecule has 0 fully saturated rings. The Morgan fingerprint density at radius 3 is 2.08 bits per heavy atom. The minimum Gasteiger partial charge on any atom is -0.322 e. The Balaban J connectivity index is 2.15. The number of amides is 1.